The van der Waals surface area contributed by atoms with Gasteiger partial charge in [0.2, 0.25) is 0 Å². The molecule has 0 heterocycles. The number of rotatable bonds is 3. The fraction of sp³-hybridized carbons (Fsp3) is 0.300. The van der Waals surface area contributed by atoms with E-state index < -0.39 is 0 Å². The Morgan fingerprint density at radius 3 is 2.47 bits per heavy atom. The summed E-state index contributed by atoms with van der Waals surface area (Å²) in [5.74, 6) is 0. The van der Waals surface area contributed by atoms with Gasteiger partial charge in [-0.2, -0.15) is 0 Å². The van der Waals surface area contributed by atoms with Crippen molar-refractivity contribution in [3.63, 3.8) is 0 Å². The molecule has 0 aliphatic carbocycles. The predicted molar refractivity (Wildman–Crippen MR) is 58.4 cm³/mol. The van der Waals surface area contributed by atoms with E-state index in [1.54, 1.807) is 19.2 Å². The van der Waals surface area contributed by atoms with E-state index in [-0.39, 0.29) is 58.0 Å². The van der Waals surface area contributed by atoms with Crippen LogP contribution in [-0.2, 0) is 0 Å². The molecule has 0 fully saturated rings. The SMILES string of the molecule is CN=C(CC[O-])c1ccc(Cl)c(Cl)c1.[K+]. The van der Waals surface area contributed by atoms with Crippen molar-refractivity contribution in [3.8, 4) is 0 Å². The maximum atomic E-state index is 10.5. The molecule has 0 N–H and O–H groups in total. The molecule has 0 saturated heterocycles. The third-order valence-corrected chi connectivity index (χ3v) is 2.60. The molecular weight excluding hydrogens is 260 g/mol. The van der Waals surface area contributed by atoms with Gasteiger partial charge in [0.1, 0.15) is 0 Å². The summed E-state index contributed by atoms with van der Waals surface area (Å²) >= 11 is 11.6. The van der Waals surface area contributed by atoms with Gasteiger partial charge in [-0.3, -0.25) is 4.99 Å². The van der Waals surface area contributed by atoms with Gasteiger partial charge in [0.15, 0.2) is 0 Å². The van der Waals surface area contributed by atoms with Crippen LogP contribution in [0.4, 0.5) is 0 Å². The van der Waals surface area contributed by atoms with Crippen molar-refractivity contribution in [3.05, 3.63) is 33.8 Å². The Kier molecular flexibility index (Phi) is 8.78. The molecule has 1 aromatic carbocycles. The Morgan fingerprint density at radius 1 is 1.33 bits per heavy atom. The fourth-order valence-corrected chi connectivity index (χ4v) is 1.46. The zero-order valence-electron chi connectivity index (χ0n) is 8.76. The second kappa shape index (κ2) is 8.20. The summed E-state index contributed by atoms with van der Waals surface area (Å²) in [6.45, 7) is -0.174. The Balaban J connectivity index is 0.00000196. The van der Waals surface area contributed by atoms with Crippen LogP contribution < -0.4 is 56.5 Å². The number of nitrogens with zero attached hydrogens (tertiary/aromatic N) is 1. The summed E-state index contributed by atoms with van der Waals surface area (Å²) < 4.78 is 0. The minimum Gasteiger partial charge on any atom is -0.854 e. The largest absolute Gasteiger partial charge is 1.00 e. The Labute approximate surface area is 142 Å². The van der Waals surface area contributed by atoms with Crippen molar-refractivity contribution in [2.75, 3.05) is 13.7 Å². The molecule has 0 aromatic heterocycles. The van der Waals surface area contributed by atoms with Crippen LogP contribution in [-0.4, -0.2) is 19.4 Å². The Morgan fingerprint density at radius 2 is 2.00 bits per heavy atom. The number of benzene rings is 1. The normalized spacial score (nSPS) is 11.1. The molecule has 15 heavy (non-hydrogen) atoms. The summed E-state index contributed by atoms with van der Waals surface area (Å²) in [4.78, 5) is 4.03. The van der Waals surface area contributed by atoms with Crippen LogP contribution in [0.25, 0.3) is 0 Å². The molecule has 1 aromatic rings. The summed E-state index contributed by atoms with van der Waals surface area (Å²) in [6.07, 6.45) is 0.411. The smallest absolute Gasteiger partial charge is 0.854 e. The van der Waals surface area contributed by atoms with E-state index in [0.717, 1.165) is 11.3 Å². The van der Waals surface area contributed by atoms with Gasteiger partial charge in [-0.25, -0.2) is 0 Å². The van der Waals surface area contributed by atoms with Crippen LogP contribution in [0.5, 0.6) is 0 Å². The molecule has 2 nitrogen and oxygen atoms in total. The van der Waals surface area contributed by atoms with Crippen molar-refractivity contribution in [2.45, 2.75) is 6.42 Å². The van der Waals surface area contributed by atoms with Gasteiger partial charge in [-0.05, 0) is 24.1 Å². The monoisotopic (exact) mass is 269 g/mol. The van der Waals surface area contributed by atoms with Gasteiger partial charge >= 0.3 is 51.4 Å². The van der Waals surface area contributed by atoms with Crippen LogP contribution >= 0.6 is 23.2 Å². The van der Waals surface area contributed by atoms with Gasteiger partial charge in [0.05, 0.1) is 10.0 Å². The van der Waals surface area contributed by atoms with Crippen LogP contribution in [0, 0.1) is 0 Å². The van der Waals surface area contributed by atoms with E-state index in [2.05, 4.69) is 4.99 Å². The van der Waals surface area contributed by atoms with Crippen molar-refractivity contribution >= 4 is 28.9 Å². The molecule has 0 amide bonds. The molecule has 0 bridgehead atoms. The van der Waals surface area contributed by atoms with Crippen LogP contribution in [0.3, 0.4) is 0 Å². The average Bonchev–Trinajstić information content (AvgIpc) is 2.19. The molecule has 0 atom stereocenters. The van der Waals surface area contributed by atoms with E-state index in [9.17, 15) is 5.11 Å². The number of halogens is 2. The maximum absolute atomic E-state index is 10.5. The molecule has 0 aliphatic heterocycles. The molecule has 0 unspecified atom stereocenters. The quantitative estimate of drug-likeness (QED) is 0.521. The third kappa shape index (κ3) is 4.83. The van der Waals surface area contributed by atoms with Crippen molar-refractivity contribution < 1.29 is 56.5 Å². The molecule has 0 aliphatic rings. The summed E-state index contributed by atoms with van der Waals surface area (Å²) in [5.41, 5.74) is 1.62. The first-order valence-electron chi connectivity index (χ1n) is 4.18. The second-order valence-electron chi connectivity index (χ2n) is 2.75. The van der Waals surface area contributed by atoms with E-state index in [1.165, 1.54) is 0 Å². The van der Waals surface area contributed by atoms with Gasteiger partial charge in [-0.15, -0.1) is 6.61 Å². The van der Waals surface area contributed by atoms with Gasteiger partial charge in [0.25, 0.3) is 0 Å². The predicted octanol–water partition coefficient (Wildman–Crippen LogP) is -0.833. The van der Waals surface area contributed by atoms with Crippen molar-refractivity contribution in [1.29, 1.82) is 0 Å². The first kappa shape index (κ1) is 16.1. The number of hydrogen-bond donors (Lipinski definition) is 0. The van der Waals surface area contributed by atoms with E-state index in [1.807, 2.05) is 6.07 Å². The Hall–Kier alpha value is 1.07. The zero-order chi connectivity index (χ0) is 10.6. The summed E-state index contributed by atoms with van der Waals surface area (Å²) in [5, 5.41) is 11.5. The molecule has 76 valence electrons. The molecule has 0 radical (unpaired) electrons. The first-order chi connectivity index (χ1) is 6.69. The minimum absolute atomic E-state index is 0. The van der Waals surface area contributed by atoms with E-state index in [0.29, 0.717) is 16.5 Å². The van der Waals surface area contributed by atoms with Gasteiger partial charge < -0.3 is 5.11 Å². The standard InChI is InChI=1S/C10H10Cl2NO.K/c1-13-10(4-5-14)7-2-3-8(11)9(12)6-7;/h2-3,6H,4-5H2,1H3;/q-1;+1. The van der Waals surface area contributed by atoms with Gasteiger partial charge in [0, 0.05) is 12.8 Å². The van der Waals surface area contributed by atoms with Crippen molar-refractivity contribution in [2.24, 2.45) is 4.99 Å². The first-order valence-corrected chi connectivity index (χ1v) is 4.93. The molecule has 0 spiro atoms. The van der Waals surface area contributed by atoms with E-state index >= 15 is 0 Å². The molecular formula is C10H10Cl2KNO. The summed E-state index contributed by atoms with van der Waals surface area (Å²) in [6, 6.07) is 5.24. The average molecular weight is 270 g/mol. The second-order valence-corrected chi connectivity index (χ2v) is 3.57. The van der Waals surface area contributed by atoms with Gasteiger partial charge in [-0.1, -0.05) is 29.3 Å². The minimum atomic E-state index is -0.174. The fourth-order valence-electron chi connectivity index (χ4n) is 1.16. The number of aliphatic imine (C=N–C) groups is 1. The van der Waals surface area contributed by atoms with Crippen LogP contribution in [0.2, 0.25) is 10.0 Å². The Bertz CT molecular complexity index is 355. The number of hydrogen-bond acceptors (Lipinski definition) is 2. The van der Waals surface area contributed by atoms with Crippen LogP contribution in [0.1, 0.15) is 12.0 Å². The maximum Gasteiger partial charge on any atom is 1.00 e. The van der Waals surface area contributed by atoms with E-state index in [4.69, 9.17) is 23.2 Å². The molecule has 1 rings (SSSR count). The third-order valence-electron chi connectivity index (χ3n) is 1.86. The zero-order valence-corrected chi connectivity index (χ0v) is 13.4. The van der Waals surface area contributed by atoms with Crippen LogP contribution in [0.15, 0.2) is 23.2 Å². The summed E-state index contributed by atoms with van der Waals surface area (Å²) in [7, 11) is 1.66. The topological polar surface area (TPSA) is 35.4 Å². The molecule has 5 heteroatoms. The molecule has 0 saturated carbocycles. The van der Waals surface area contributed by atoms with Crippen molar-refractivity contribution in [1.82, 2.24) is 0 Å².